The van der Waals surface area contributed by atoms with Crippen molar-refractivity contribution in [3.63, 3.8) is 0 Å². The molecule has 0 aliphatic heterocycles. The van der Waals surface area contributed by atoms with E-state index in [1.165, 1.54) is 12.8 Å². The van der Waals surface area contributed by atoms with E-state index >= 15 is 0 Å². The Labute approximate surface area is 140 Å². The van der Waals surface area contributed by atoms with Gasteiger partial charge in [0.1, 0.15) is 0 Å². The Hall–Kier alpha value is -2.54. The third kappa shape index (κ3) is 2.82. The molecule has 24 heavy (non-hydrogen) atoms. The highest BCUT2D eigenvalue weighted by Gasteiger charge is 2.22. The van der Waals surface area contributed by atoms with Gasteiger partial charge in [-0.3, -0.25) is 9.67 Å². The number of anilines is 1. The lowest BCUT2D eigenvalue weighted by Crippen LogP contribution is -2.42. The number of pyridine rings is 1. The predicted octanol–water partition coefficient (Wildman–Crippen LogP) is 2.11. The topological polar surface area (TPSA) is 94.5 Å². The van der Waals surface area contributed by atoms with Gasteiger partial charge in [-0.15, -0.1) is 0 Å². The molecule has 4 rings (SSSR count). The molecule has 0 unspecified atom stereocenters. The van der Waals surface area contributed by atoms with Crippen molar-refractivity contribution in [3.8, 4) is 11.1 Å². The van der Waals surface area contributed by atoms with Crippen LogP contribution in [-0.4, -0.2) is 36.8 Å². The number of rotatable bonds is 3. The van der Waals surface area contributed by atoms with Gasteiger partial charge >= 0.3 is 0 Å². The fraction of sp³-hybridized carbons (Fsp3) is 0.412. The molecule has 2 atom stereocenters. The Kier molecular flexibility index (Phi) is 3.86. The summed E-state index contributed by atoms with van der Waals surface area (Å²) in [6, 6.07) is 0.396. The van der Waals surface area contributed by atoms with Crippen molar-refractivity contribution in [2.24, 2.45) is 12.8 Å². The quantitative estimate of drug-likeness (QED) is 0.766. The van der Waals surface area contributed by atoms with Crippen LogP contribution in [0.5, 0.6) is 0 Å². The number of aromatic nitrogens is 5. The summed E-state index contributed by atoms with van der Waals surface area (Å²) in [5.41, 5.74) is 9.05. The van der Waals surface area contributed by atoms with Gasteiger partial charge in [-0.25, -0.2) is 9.97 Å². The Bertz CT molecular complexity index is 857. The maximum atomic E-state index is 6.22. The number of hydrogen-bond acceptors (Lipinski definition) is 6. The van der Waals surface area contributed by atoms with Crippen LogP contribution in [0.4, 0.5) is 5.95 Å². The molecule has 0 radical (unpaired) electrons. The zero-order chi connectivity index (χ0) is 16.5. The van der Waals surface area contributed by atoms with E-state index < -0.39 is 0 Å². The van der Waals surface area contributed by atoms with Crippen LogP contribution in [0.3, 0.4) is 0 Å². The predicted molar refractivity (Wildman–Crippen MR) is 93.4 cm³/mol. The monoisotopic (exact) mass is 323 g/mol. The van der Waals surface area contributed by atoms with Gasteiger partial charge in [0.05, 0.1) is 11.7 Å². The summed E-state index contributed by atoms with van der Waals surface area (Å²) in [6.07, 6.45) is 13.7. The molecule has 7 nitrogen and oxygen atoms in total. The highest BCUT2D eigenvalue weighted by Crippen LogP contribution is 2.27. The SMILES string of the molecule is Cn1cc(-c2cncc3cnc(N[C@H]4CCCC[C@H]4N)nc23)cn1. The fourth-order valence-electron chi connectivity index (χ4n) is 3.30. The first-order chi connectivity index (χ1) is 11.7. The molecule has 1 fully saturated rings. The average Bonchev–Trinajstić information content (AvgIpc) is 3.03. The second kappa shape index (κ2) is 6.16. The van der Waals surface area contributed by atoms with Crippen molar-refractivity contribution in [1.82, 2.24) is 24.7 Å². The van der Waals surface area contributed by atoms with Gasteiger partial charge in [0.15, 0.2) is 0 Å². The van der Waals surface area contributed by atoms with Crippen LogP contribution in [0, 0.1) is 0 Å². The molecule has 3 aromatic rings. The molecule has 1 saturated carbocycles. The molecule has 0 amide bonds. The average molecular weight is 323 g/mol. The third-order valence-electron chi connectivity index (χ3n) is 4.64. The van der Waals surface area contributed by atoms with Crippen molar-refractivity contribution in [3.05, 3.63) is 31.0 Å². The number of nitrogens with two attached hydrogens (primary N) is 1. The van der Waals surface area contributed by atoms with Crippen molar-refractivity contribution < 1.29 is 0 Å². The van der Waals surface area contributed by atoms with Gasteiger partial charge < -0.3 is 11.1 Å². The second-order valence-electron chi connectivity index (χ2n) is 6.42. The summed E-state index contributed by atoms with van der Waals surface area (Å²) >= 11 is 0. The summed E-state index contributed by atoms with van der Waals surface area (Å²) in [5, 5.41) is 8.57. The minimum absolute atomic E-state index is 0.160. The lowest BCUT2D eigenvalue weighted by atomic mass is 9.91. The van der Waals surface area contributed by atoms with E-state index in [9.17, 15) is 0 Å². The van der Waals surface area contributed by atoms with E-state index in [4.69, 9.17) is 10.7 Å². The summed E-state index contributed by atoms with van der Waals surface area (Å²) in [4.78, 5) is 13.5. The van der Waals surface area contributed by atoms with E-state index in [1.807, 2.05) is 31.8 Å². The van der Waals surface area contributed by atoms with Gasteiger partial charge in [0.25, 0.3) is 0 Å². The highest BCUT2D eigenvalue weighted by molar-refractivity contribution is 5.92. The Morgan fingerprint density at radius 1 is 1.17 bits per heavy atom. The van der Waals surface area contributed by atoms with E-state index in [0.717, 1.165) is 34.9 Å². The first kappa shape index (κ1) is 15.0. The molecule has 3 aromatic heterocycles. The molecule has 3 heterocycles. The highest BCUT2D eigenvalue weighted by atomic mass is 15.2. The smallest absolute Gasteiger partial charge is 0.223 e. The molecule has 1 aliphatic carbocycles. The van der Waals surface area contributed by atoms with Crippen LogP contribution in [0.1, 0.15) is 25.7 Å². The van der Waals surface area contributed by atoms with Gasteiger partial charge in [0.2, 0.25) is 5.95 Å². The standard InChI is InChI=1S/C17H21N7/c1-24-10-12(8-21-24)13-9-19-6-11-7-20-17(23-16(11)13)22-15-5-3-2-4-14(15)18/h6-10,14-15H,2-5,18H2,1H3,(H,20,22,23)/t14-,15+/m1/s1. The first-order valence-electron chi connectivity index (χ1n) is 8.32. The van der Waals surface area contributed by atoms with Crippen molar-refractivity contribution in [2.75, 3.05) is 5.32 Å². The zero-order valence-electron chi connectivity index (χ0n) is 13.7. The van der Waals surface area contributed by atoms with Crippen molar-refractivity contribution in [2.45, 2.75) is 37.8 Å². The molecule has 0 spiro atoms. The van der Waals surface area contributed by atoms with Crippen LogP contribution < -0.4 is 11.1 Å². The normalized spacial score (nSPS) is 21.1. The van der Waals surface area contributed by atoms with Crippen molar-refractivity contribution in [1.29, 1.82) is 0 Å². The number of aryl methyl sites for hydroxylation is 1. The lowest BCUT2D eigenvalue weighted by molar-refractivity contribution is 0.402. The number of nitrogens with zero attached hydrogens (tertiary/aromatic N) is 5. The van der Waals surface area contributed by atoms with Crippen LogP contribution in [-0.2, 0) is 7.05 Å². The summed E-state index contributed by atoms with van der Waals surface area (Å²) in [5.74, 6) is 0.626. The Morgan fingerprint density at radius 3 is 2.83 bits per heavy atom. The zero-order valence-corrected chi connectivity index (χ0v) is 13.7. The molecule has 7 heteroatoms. The maximum Gasteiger partial charge on any atom is 0.223 e. The lowest BCUT2D eigenvalue weighted by Gasteiger charge is -2.29. The molecule has 0 saturated heterocycles. The molecule has 1 aliphatic rings. The van der Waals surface area contributed by atoms with Crippen LogP contribution in [0.15, 0.2) is 31.0 Å². The number of fused-ring (bicyclic) bond motifs is 1. The molecule has 3 N–H and O–H groups in total. The Morgan fingerprint density at radius 2 is 2.04 bits per heavy atom. The largest absolute Gasteiger partial charge is 0.350 e. The fourth-order valence-corrected chi connectivity index (χ4v) is 3.30. The summed E-state index contributed by atoms with van der Waals surface area (Å²) in [7, 11) is 1.90. The van der Waals surface area contributed by atoms with Gasteiger partial charge in [-0.1, -0.05) is 12.8 Å². The second-order valence-corrected chi connectivity index (χ2v) is 6.42. The maximum absolute atomic E-state index is 6.22. The third-order valence-corrected chi connectivity index (χ3v) is 4.64. The molecule has 124 valence electrons. The number of nitrogens with one attached hydrogen (secondary N) is 1. The molecular formula is C17H21N7. The first-order valence-corrected chi connectivity index (χ1v) is 8.32. The van der Waals surface area contributed by atoms with E-state index in [0.29, 0.717) is 5.95 Å². The van der Waals surface area contributed by atoms with Gasteiger partial charge in [-0.2, -0.15) is 5.10 Å². The Balaban J connectivity index is 1.71. The van der Waals surface area contributed by atoms with Crippen LogP contribution in [0.25, 0.3) is 22.0 Å². The molecule has 0 bridgehead atoms. The minimum atomic E-state index is 0.160. The van der Waals surface area contributed by atoms with E-state index in [1.54, 1.807) is 10.9 Å². The van der Waals surface area contributed by atoms with Crippen LogP contribution in [0.2, 0.25) is 0 Å². The molecular weight excluding hydrogens is 302 g/mol. The molecule has 0 aromatic carbocycles. The van der Waals surface area contributed by atoms with E-state index in [2.05, 4.69) is 20.4 Å². The minimum Gasteiger partial charge on any atom is -0.350 e. The van der Waals surface area contributed by atoms with E-state index in [-0.39, 0.29) is 12.1 Å². The summed E-state index contributed by atoms with van der Waals surface area (Å²) in [6.45, 7) is 0. The van der Waals surface area contributed by atoms with Crippen LogP contribution >= 0.6 is 0 Å². The van der Waals surface area contributed by atoms with Gasteiger partial charge in [-0.05, 0) is 12.8 Å². The van der Waals surface area contributed by atoms with Gasteiger partial charge in [0, 0.05) is 60.4 Å². The van der Waals surface area contributed by atoms with Crippen molar-refractivity contribution >= 4 is 16.9 Å². The number of hydrogen-bond donors (Lipinski definition) is 2. The summed E-state index contributed by atoms with van der Waals surface area (Å²) < 4.78 is 1.77.